The van der Waals surface area contributed by atoms with Gasteiger partial charge in [-0.1, -0.05) is 57.0 Å². The predicted octanol–water partition coefficient (Wildman–Crippen LogP) is 5.91. The Balaban J connectivity index is 1.14. The number of methoxy groups -OCH3 is 1. The van der Waals surface area contributed by atoms with E-state index in [0.717, 1.165) is 50.7 Å². The lowest BCUT2D eigenvalue weighted by atomic mass is 10.0. The van der Waals surface area contributed by atoms with Gasteiger partial charge in [0.05, 0.1) is 13.3 Å². The summed E-state index contributed by atoms with van der Waals surface area (Å²) in [5.74, 6) is 0.845. The molecule has 0 aliphatic carbocycles. The Morgan fingerprint density at radius 3 is 2.55 bits per heavy atom. The van der Waals surface area contributed by atoms with Gasteiger partial charge in [-0.15, -0.1) is 5.10 Å². The van der Waals surface area contributed by atoms with Crippen molar-refractivity contribution in [2.24, 2.45) is 0 Å². The molecule has 3 heterocycles. The third-order valence-electron chi connectivity index (χ3n) is 8.15. The van der Waals surface area contributed by atoms with E-state index in [-0.39, 0.29) is 23.9 Å². The van der Waals surface area contributed by atoms with E-state index in [4.69, 9.17) is 16.3 Å². The topological polar surface area (TPSA) is 80.6 Å². The van der Waals surface area contributed by atoms with Crippen molar-refractivity contribution in [1.82, 2.24) is 24.8 Å². The third kappa shape index (κ3) is 4.75. The van der Waals surface area contributed by atoms with Gasteiger partial charge in [0, 0.05) is 51.7 Å². The van der Waals surface area contributed by atoms with Gasteiger partial charge in [-0.25, -0.2) is 4.68 Å². The number of likely N-dealkylation sites (tertiary alicyclic amines) is 2. The van der Waals surface area contributed by atoms with Crippen molar-refractivity contribution < 1.29 is 14.3 Å². The molecule has 2 aliphatic heterocycles. The molecule has 2 fully saturated rings. The molecule has 10 heteroatoms. The summed E-state index contributed by atoms with van der Waals surface area (Å²) in [7, 11) is 1.66. The monoisotopic (exact) mass is 621 g/mol. The standard InChI is InChI=1S/C30H29BrClN5O3/c1-18-24(15-19(31)16-25(18)32)29(38)35-12-9-20(10-13-35)36-14-11-27(30(36)39)37-17-26(33-34-37)22-7-8-28(40-2)23-6-4-3-5-21(22)23/h3-8,15-17,20,27H,9-14H2,1-2H3. The van der Waals surface area contributed by atoms with Gasteiger partial charge in [0.1, 0.15) is 17.5 Å². The maximum Gasteiger partial charge on any atom is 0.254 e. The van der Waals surface area contributed by atoms with Gasteiger partial charge < -0.3 is 14.5 Å². The van der Waals surface area contributed by atoms with E-state index in [1.807, 2.05) is 65.4 Å². The number of aromatic nitrogens is 3. The van der Waals surface area contributed by atoms with Crippen molar-refractivity contribution in [1.29, 1.82) is 0 Å². The second kappa shape index (κ2) is 10.9. The summed E-state index contributed by atoms with van der Waals surface area (Å²) in [6.07, 6.45) is 4.03. The number of halogens is 2. The Morgan fingerprint density at radius 2 is 1.80 bits per heavy atom. The smallest absolute Gasteiger partial charge is 0.254 e. The third-order valence-corrected chi connectivity index (χ3v) is 9.00. The molecule has 206 valence electrons. The first kappa shape index (κ1) is 26.8. The van der Waals surface area contributed by atoms with Crippen LogP contribution in [0.1, 0.15) is 41.2 Å². The van der Waals surface area contributed by atoms with Crippen LogP contribution in [0.15, 0.2) is 59.2 Å². The van der Waals surface area contributed by atoms with E-state index < -0.39 is 0 Å². The highest BCUT2D eigenvalue weighted by Gasteiger charge is 2.39. The van der Waals surface area contributed by atoms with E-state index in [0.29, 0.717) is 36.6 Å². The van der Waals surface area contributed by atoms with Crippen molar-refractivity contribution in [2.75, 3.05) is 26.7 Å². The molecule has 2 saturated heterocycles. The van der Waals surface area contributed by atoms with Crippen molar-refractivity contribution in [3.63, 3.8) is 0 Å². The molecule has 4 aromatic rings. The van der Waals surface area contributed by atoms with Crippen molar-refractivity contribution in [3.8, 4) is 17.0 Å². The Kier molecular flexibility index (Phi) is 7.27. The second-order valence-electron chi connectivity index (χ2n) is 10.4. The second-order valence-corrected chi connectivity index (χ2v) is 11.7. The fourth-order valence-corrected chi connectivity index (χ4v) is 6.75. The van der Waals surface area contributed by atoms with Gasteiger partial charge in [0.15, 0.2) is 0 Å². The molecule has 8 nitrogen and oxygen atoms in total. The van der Waals surface area contributed by atoms with Gasteiger partial charge in [-0.05, 0) is 61.4 Å². The molecular weight excluding hydrogens is 594 g/mol. The Bertz CT molecular complexity index is 1610. The lowest BCUT2D eigenvalue weighted by Gasteiger charge is -2.37. The van der Waals surface area contributed by atoms with E-state index in [2.05, 4.69) is 26.2 Å². The van der Waals surface area contributed by atoms with Crippen molar-refractivity contribution in [2.45, 2.75) is 38.3 Å². The van der Waals surface area contributed by atoms with E-state index in [1.165, 1.54) is 0 Å². The minimum absolute atomic E-state index is 0.0222. The number of nitrogens with zero attached hydrogens (tertiary/aromatic N) is 5. The summed E-state index contributed by atoms with van der Waals surface area (Å²) in [5, 5.41) is 11.4. The van der Waals surface area contributed by atoms with E-state index in [1.54, 1.807) is 17.9 Å². The summed E-state index contributed by atoms with van der Waals surface area (Å²) in [6.45, 7) is 3.73. The number of piperidine rings is 1. The zero-order chi connectivity index (χ0) is 28.0. The normalized spacial score (nSPS) is 18.1. The van der Waals surface area contributed by atoms with Crippen LogP contribution in [0.2, 0.25) is 5.02 Å². The van der Waals surface area contributed by atoms with Crippen LogP contribution >= 0.6 is 27.5 Å². The van der Waals surface area contributed by atoms with E-state index in [9.17, 15) is 9.59 Å². The van der Waals surface area contributed by atoms with Crippen LogP contribution in [0.5, 0.6) is 5.75 Å². The highest BCUT2D eigenvalue weighted by molar-refractivity contribution is 9.10. The maximum atomic E-state index is 13.5. The molecule has 2 aliphatic rings. The molecule has 6 rings (SSSR count). The molecule has 0 spiro atoms. The van der Waals surface area contributed by atoms with Crippen molar-refractivity contribution in [3.05, 3.63) is 75.4 Å². The molecule has 40 heavy (non-hydrogen) atoms. The van der Waals surface area contributed by atoms with Crippen LogP contribution in [0.4, 0.5) is 0 Å². The minimum atomic E-state index is -0.378. The van der Waals surface area contributed by atoms with Crippen LogP contribution < -0.4 is 4.74 Å². The number of hydrogen-bond acceptors (Lipinski definition) is 5. The van der Waals surface area contributed by atoms with Gasteiger partial charge in [0.25, 0.3) is 5.91 Å². The fourth-order valence-electron chi connectivity index (χ4n) is 5.94. The number of fused-ring (bicyclic) bond motifs is 1. The molecule has 1 aromatic heterocycles. The molecule has 0 bridgehead atoms. The number of benzene rings is 3. The first-order valence-corrected chi connectivity index (χ1v) is 14.6. The van der Waals surface area contributed by atoms with Crippen LogP contribution in [0, 0.1) is 6.92 Å². The highest BCUT2D eigenvalue weighted by atomic mass is 79.9. The lowest BCUT2D eigenvalue weighted by Crippen LogP contribution is -2.47. The number of ether oxygens (including phenoxy) is 1. The largest absolute Gasteiger partial charge is 0.496 e. The predicted molar refractivity (Wildman–Crippen MR) is 158 cm³/mol. The first-order valence-electron chi connectivity index (χ1n) is 13.4. The molecule has 0 saturated carbocycles. The molecule has 2 amide bonds. The molecule has 0 radical (unpaired) electrons. The van der Waals surface area contributed by atoms with Crippen molar-refractivity contribution >= 4 is 50.1 Å². The van der Waals surface area contributed by atoms with Gasteiger partial charge >= 0.3 is 0 Å². The summed E-state index contributed by atoms with van der Waals surface area (Å²) >= 11 is 9.74. The Morgan fingerprint density at radius 1 is 1.05 bits per heavy atom. The molecule has 0 N–H and O–H groups in total. The lowest BCUT2D eigenvalue weighted by molar-refractivity contribution is -0.133. The zero-order valence-corrected chi connectivity index (χ0v) is 24.7. The van der Waals surface area contributed by atoms with Gasteiger partial charge in [-0.2, -0.15) is 0 Å². The summed E-state index contributed by atoms with van der Waals surface area (Å²) < 4.78 is 8.01. The maximum absolute atomic E-state index is 13.5. The highest BCUT2D eigenvalue weighted by Crippen LogP contribution is 2.35. The zero-order valence-electron chi connectivity index (χ0n) is 22.3. The number of hydrogen-bond donors (Lipinski definition) is 0. The molecule has 3 aromatic carbocycles. The fraction of sp³-hybridized carbons (Fsp3) is 0.333. The van der Waals surface area contributed by atoms with Crippen LogP contribution in [-0.4, -0.2) is 69.4 Å². The first-order chi connectivity index (χ1) is 19.4. The summed E-state index contributed by atoms with van der Waals surface area (Å²) in [4.78, 5) is 30.6. The van der Waals surface area contributed by atoms with Crippen LogP contribution in [0.25, 0.3) is 22.0 Å². The quantitative estimate of drug-likeness (QED) is 0.277. The SMILES string of the molecule is COc1ccc(-c2cn(C3CCN(C4CCN(C(=O)c5cc(Br)cc(Cl)c5C)CC4)C3=O)nn2)c2ccccc12. The van der Waals surface area contributed by atoms with Gasteiger partial charge in [0.2, 0.25) is 5.91 Å². The number of rotatable bonds is 5. The number of amides is 2. The molecular formula is C30H29BrClN5O3. The van der Waals surface area contributed by atoms with E-state index >= 15 is 0 Å². The Hall–Kier alpha value is -3.43. The molecule has 1 atom stereocenters. The summed E-state index contributed by atoms with van der Waals surface area (Å²) in [5.41, 5.74) is 3.06. The van der Waals surface area contributed by atoms with Gasteiger partial charge in [-0.3, -0.25) is 9.59 Å². The summed E-state index contributed by atoms with van der Waals surface area (Å²) in [6, 6.07) is 15.3. The average molecular weight is 623 g/mol. The minimum Gasteiger partial charge on any atom is -0.496 e. The number of carbonyl (C=O) groups excluding carboxylic acids is 2. The Labute approximate surface area is 246 Å². The van der Waals surface area contributed by atoms with Crippen LogP contribution in [0.3, 0.4) is 0 Å². The number of carbonyl (C=O) groups is 2. The van der Waals surface area contributed by atoms with Crippen LogP contribution in [-0.2, 0) is 4.79 Å². The average Bonchev–Trinajstić information content (AvgIpc) is 3.60. The molecule has 1 unspecified atom stereocenters.